The van der Waals surface area contributed by atoms with Crippen molar-refractivity contribution in [1.82, 2.24) is 5.32 Å². The molecule has 17 heavy (non-hydrogen) atoms. The van der Waals surface area contributed by atoms with Gasteiger partial charge < -0.3 is 5.32 Å². The first-order chi connectivity index (χ1) is 7.98. The van der Waals surface area contributed by atoms with Crippen LogP contribution in [0.1, 0.15) is 44.9 Å². The third-order valence-corrected chi connectivity index (χ3v) is 4.37. The Balaban J connectivity index is 1.81. The Labute approximate surface area is 105 Å². The average molecular weight is 266 g/mol. The van der Waals surface area contributed by atoms with Crippen molar-refractivity contribution in [3.63, 3.8) is 0 Å². The Morgan fingerprint density at radius 2 is 1.82 bits per heavy atom. The molecule has 2 nitrogen and oxygen atoms in total. The summed E-state index contributed by atoms with van der Waals surface area (Å²) in [5.41, 5.74) is 0. The van der Waals surface area contributed by atoms with E-state index in [4.69, 9.17) is 11.6 Å². The number of nitrogens with one attached hydrogen (secondary N) is 1. The Bertz CT molecular complexity index is 288. The number of carbonyl (C=O) groups is 1. The molecule has 0 aromatic rings. The van der Waals surface area contributed by atoms with Crippen molar-refractivity contribution in [2.45, 2.75) is 62.3 Å². The smallest absolute Gasteiger partial charge is 0.248 e. The number of halogens is 3. The lowest BCUT2D eigenvalue weighted by molar-refractivity contribution is -0.129. The summed E-state index contributed by atoms with van der Waals surface area (Å²) in [6.45, 7) is 0. The van der Waals surface area contributed by atoms with Crippen LogP contribution in [0.2, 0.25) is 0 Å². The van der Waals surface area contributed by atoms with Gasteiger partial charge in [-0.1, -0.05) is 0 Å². The highest BCUT2D eigenvalue weighted by molar-refractivity contribution is 6.21. The van der Waals surface area contributed by atoms with Crippen molar-refractivity contribution in [2.75, 3.05) is 0 Å². The highest BCUT2D eigenvalue weighted by atomic mass is 35.5. The van der Waals surface area contributed by atoms with Crippen molar-refractivity contribution in [1.29, 1.82) is 0 Å². The lowest BCUT2D eigenvalue weighted by atomic mass is 9.86. The number of carbonyl (C=O) groups excluding carboxylic acids is 1. The van der Waals surface area contributed by atoms with E-state index in [0.29, 0.717) is 12.8 Å². The Kier molecular flexibility index (Phi) is 3.91. The lowest BCUT2D eigenvalue weighted by Crippen LogP contribution is -2.43. The summed E-state index contributed by atoms with van der Waals surface area (Å²) in [5.74, 6) is -2.91. The molecule has 98 valence electrons. The molecule has 0 heterocycles. The molecule has 2 fully saturated rings. The van der Waals surface area contributed by atoms with E-state index in [2.05, 4.69) is 5.32 Å². The molecule has 1 amide bonds. The SMILES string of the molecule is O=C(NC1CCCC1Cl)C1CCC(F)(F)CC1. The molecular weight excluding hydrogens is 248 g/mol. The van der Waals surface area contributed by atoms with Gasteiger partial charge in [-0.15, -0.1) is 11.6 Å². The molecule has 0 bridgehead atoms. The van der Waals surface area contributed by atoms with Crippen LogP contribution >= 0.6 is 11.6 Å². The molecule has 1 N–H and O–H groups in total. The number of rotatable bonds is 2. The van der Waals surface area contributed by atoms with E-state index in [0.717, 1.165) is 19.3 Å². The van der Waals surface area contributed by atoms with Crippen LogP contribution < -0.4 is 5.32 Å². The van der Waals surface area contributed by atoms with Crippen molar-refractivity contribution in [2.24, 2.45) is 5.92 Å². The second-order valence-electron chi connectivity index (χ2n) is 5.19. The van der Waals surface area contributed by atoms with Crippen molar-refractivity contribution >= 4 is 17.5 Å². The monoisotopic (exact) mass is 265 g/mol. The van der Waals surface area contributed by atoms with Crippen LogP contribution in [0.15, 0.2) is 0 Å². The minimum Gasteiger partial charge on any atom is -0.352 e. The highest BCUT2D eigenvalue weighted by Crippen LogP contribution is 2.36. The first kappa shape index (κ1) is 13.1. The van der Waals surface area contributed by atoms with E-state index in [1.165, 1.54) is 0 Å². The Morgan fingerprint density at radius 3 is 2.35 bits per heavy atom. The largest absolute Gasteiger partial charge is 0.352 e. The van der Waals surface area contributed by atoms with Crippen LogP contribution in [-0.2, 0) is 4.79 Å². The maximum atomic E-state index is 13.0. The second kappa shape index (κ2) is 5.09. The molecule has 2 aliphatic rings. The molecule has 2 atom stereocenters. The number of hydrogen-bond donors (Lipinski definition) is 1. The molecule has 2 unspecified atom stereocenters. The molecular formula is C12H18ClF2NO. The topological polar surface area (TPSA) is 29.1 Å². The maximum Gasteiger partial charge on any atom is 0.248 e. The van der Waals surface area contributed by atoms with Crippen LogP contribution in [-0.4, -0.2) is 23.2 Å². The average Bonchev–Trinajstić information content (AvgIpc) is 2.64. The van der Waals surface area contributed by atoms with Crippen LogP contribution in [0.5, 0.6) is 0 Å². The van der Waals surface area contributed by atoms with Gasteiger partial charge in [-0.05, 0) is 32.1 Å². The Morgan fingerprint density at radius 1 is 1.18 bits per heavy atom. The summed E-state index contributed by atoms with van der Waals surface area (Å²) in [6.07, 6.45) is 3.11. The van der Waals surface area contributed by atoms with Gasteiger partial charge >= 0.3 is 0 Å². The fourth-order valence-corrected chi connectivity index (χ4v) is 3.02. The van der Waals surface area contributed by atoms with Gasteiger partial charge in [0.15, 0.2) is 0 Å². The van der Waals surface area contributed by atoms with Gasteiger partial charge in [-0.25, -0.2) is 8.78 Å². The van der Waals surface area contributed by atoms with E-state index in [1.807, 2.05) is 0 Å². The van der Waals surface area contributed by atoms with E-state index in [9.17, 15) is 13.6 Å². The summed E-state index contributed by atoms with van der Waals surface area (Å²) in [4.78, 5) is 11.9. The first-order valence-corrected chi connectivity index (χ1v) is 6.74. The summed E-state index contributed by atoms with van der Waals surface area (Å²) in [5, 5.41) is 2.91. The third-order valence-electron chi connectivity index (χ3n) is 3.85. The summed E-state index contributed by atoms with van der Waals surface area (Å²) >= 11 is 6.07. The lowest BCUT2D eigenvalue weighted by Gasteiger charge is -2.28. The fourth-order valence-electron chi connectivity index (χ4n) is 2.68. The van der Waals surface area contributed by atoms with Crippen molar-refractivity contribution in [3.8, 4) is 0 Å². The summed E-state index contributed by atoms with van der Waals surface area (Å²) in [7, 11) is 0. The fraction of sp³-hybridized carbons (Fsp3) is 0.917. The quantitative estimate of drug-likeness (QED) is 0.764. The van der Waals surface area contributed by atoms with Crippen LogP contribution in [0.25, 0.3) is 0 Å². The molecule has 0 aromatic carbocycles. The maximum absolute atomic E-state index is 13.0. The van der Waals surface area contributed by atoms with Gasteiger partial charge in [0.05, 0.1) is 5.38 Å². The Hall–Kier alpha value is -0.380. The molecule has 0 radical (unpaired) electrons. The zero-order valence-electron chi connectivity index (χ0n) is 9.72. The van der Waals surface area contributed by atoms with Gasteiger partial charge in [0, 0.05) is 24.8 Å². The van der Waals surface area contributed by atoms with Crippen LogP contribution in [0.4, 0.5) is 8.78 Å². The normalized spacial score (nSPS) is 33.6. The van der Waals surface area contributed by atoms with E-state index >= 15 is 0 Å². The number of amides is 1. The van der Waals surface area contributed by atoms with E-state index < -0.39 is 5.92 Å². The highest BCUT2D eigenvalue weighted by Gasteiger charge is 2.38. The summed E-state index contributed by atoms with van der Waals surface area (Å²) in [6, 6.07) is 0.0339. The zero-order valence-corrected chi connectivity index (χ0v) is 10.5. The van der Waals surface area contributed by atoms with Crippen LogP contribution in [0.3, 0.4) is 0 Å². The van der Waals surface area contributed by atoms with E-state index in [1.54, 1.807) is 0 Å². The van der Waals surface area contributed by atoms with Gasteiger partial charge in [0.1, 0.15) is 0 Å². The zero-order chi connectivity index (χ0) is 12.5. The minimum atomic E-state index is -2.57. The van der Waals surface area contributed by atoms with Crippen molar-refractivity contribution < 1.29 is 13.6 Å². The van der Waals surface area contributed by atoms with Crippen molar-refractivity contribution in [3.05, 3.63) is 0 Å². The van der Waals surface area contributed by atoms with Gasteiger partial charge in [0.2, 0.25) is 11.8 Å². The molecule has 0 spiro atoms. The first-order valence-electron chi connectivity index (χ1n) is 6.30. The van der Waals surface area contributed by atoms with E-state index in [-0.39, 0.29) is 36.1 Å². The molecule has 0 aromatic heterocycles. The van der Waals surface area contributed by atoms with Crippen LogP contribution in [0, 0.1) is 5.92 Å². The standard InChI is InChI=1S/C12H18ClF2NO/c13-9-2-1-3-10(9)16-11(17)8-4-6-12(14,15)7-5-8/h8-10H,1-7H2,(H,16,17). The number of alkyl halides is 3. The van der Waals surface area contributed by atoms with Gasteiger partial charge in [-0.3, -0.25) is 4.79 Å². The minimum absolute atomic E-state index is 0.00369. The predicted molar refractivity (Wildman–Crippen MR) is 62.3 cm³/mol. The van der Waals surface area contributed by atoms with Gasteiger partial charge in [-0.2, -0.15) is 0 Å². The molecule has 2 saturated carbocycles. The molecule has 0 saturated heterocycles. The second-order valence-corrected chi connectivity index (χ2v) is 5.75. The van der Waals surface area contributed by atoms with Gasteiger partial charge in [0.25, 0.3) is 0 Å². The predicted octanol–water partition coefficient (Wildman–Crippen LogP) is 3.09. The number of hydrogen-bond acceptors (Lipinski definition) is 1. The molecule has 5 heteroatoms. The molecule has 2 aliphatic carbocycles. The molecule has 0 aliphatic heterocycles. The summed E-state index contributed by atoms with van der Waals surface area (Å²) < 4.78 is 25.9. The third kappa shape index (κ3) is 3.30. The molecule has 2 rings (SSSR count).